The first-order valence-electron chi connectivity index (χ1n) is 5.97. The molecule has 19 heavy (non-hydrogen) atoms. The smallest absolute Gasteiger partial charge is 0.126 e. The SMILES string of the molecule is N#Cc1ccc(N)c(NCCc2ccccc2F)c1. The summed E-state index contributed by atoms with van der Waals surface area (Å²) in [5.74, 6) is -0.206. The second-order valence-electron chi connectivity index (χ2n) is 4.18. The van der Waals surface area contributed by atoms with Gasteiger partial charge in [-0.1, -0.05) is 18.2 Å². The zero-order chi connectivity index (χ0) is 13.7. The van der Waals surface area contributed by atoms with E-state index in [0.717, 1.165) is 0 Å². The molecule has 0 saturated heterocycles. The Hall–Kier alpha value is -2.54. The molecule has 0 unspecified atom stereocenters. The molecule has 2 aromatic rings. The fourth-order valence-electron chi connectivity index (χ4n) is 1.81. The van der Waals surface area contributed by atoms with Gasteiger partial charge in [0, 0.05) is 6.54 Å². The van der Waals surface area contributed by atoms with Crippen molar-refractivity contribution in [2.24, 2.45) is 0 Å². The van der Waals surface area contributed by atoms with Crippen molar-refractivity contribution in [3.63, 3.8) is 0 Å². The van der Waals surface area contributed by atoms with Crippen LogP contribution in [0.5, 0.6) is 0 Å². The molecule has 0 fully saturated rings. The van der Waals surface area contributed by atoms with Crippen LogP contribution in [0, 0.1) is 17.1 Å². The fraction of sp³-hybridized carbons (Fsp3) is 0.133. The van der Waals surface area contributed by atoms with Gasteiger partial charge in [0.25, 0.3) is 0 Å². The lowest BCUT2D eigenvalue weighted by molar-refractivity contribution is 0.610. The van der Waals surface area contributed by atoms with Gasteiger partial charge in [0.2, 0.25) is 0 Å². The molecule has 0 bridgehead atoms. The molecule has 2 rings (SSSR count). The molecule has 0 heterocycles. The lowest BCUT2D eigenvalue weighted by Gasteiger charge is -2.10. The van der Waals surface area contributed by atoms with E-state index in [1.54, 1.807) is 30.3 Å². The van der Waals surface area contributed by atoms with E-state index in [1.807, 2.05) is 6.07 Å². The summed E-state index contributed by atoms with van der Waals surface area (Å²) in [4.78, 5) is 0. The second-order valence-corrected chi connectivity index (χ2v) is 4.18. The number of halogens is 1. The summed E-state index contributed by atoms with van der Waals surface area (Å²) in [5, 5.41) is 11.9. The highest BCUT2D eigenvalue weighted by Crippen LogP contribution is 2.19. The molecule has 0 spiro atoms. The number of nitrogens with one attached hydrogen (secondary N) is 1. The molecular formula is C15H14FN3. The Morgan fingerprint density at radius 1 is 1.21 bits per heavy atom. The number of nitrogens with two attached hydrogens (primary N) is 1. The number of rotatable bonds is 4. The normalized spacial score (nSPS) is 9.89. The summed E-state index contributed by atoms with van der Waals surface area (Å²) in [6.45, 7) is 0.556. The molecule has 0 aromatic heterocycles. The Kier molecular flexibility index (Phi) is 3.99. The summed E-state index contributed by atoms with van der Waals surface area (Å²) in [6.07, 6.45) is 0.558. The maximum absolute atomic E-state index is 13.4. The summed E-state index contributed by atoms with van der Waals surface area (Å²) in [7, 11) is 0. The number of anilines is 2. The third-order valence-corrected chi connectivity index (χ3v) is 2.85. The average molecular weight is 255 g/mol. The van der Waals surface area contributed by atoms with Gasteiger partial charge in [-0.2, -0.15) is 5.26 Å². The predicted molar refractivity (Wildman–Crippen MR) is 74.2 cm³/mol. The van der Waals surface area contributed by atoms with Crippen LogP contribution in [0.2, 0.25) is 0 Å². The minimum Gasteiger partial charge on any atom is -0.397 e. The van der Waals surface area contributed by atoms with Gasteiger partial charge in [0.05, 0.1) is 23.0 Å². The van der Waals surface area contributed by atoms with E-state index >= 15 is 0 Å². The lowest BCUT2D eigenvalue weighted by Crippen LogP contribution is -2.08. The van der Waals surface area contributed by atoms with Crippen LogP contribution in [0.3, 0.4) is 0 Å². The van der Waals surface area contributed by atoms with E-state index in [4.69, 9.17) is 11.0 Å². The monoisotopic (exact) mass is 255 g/mol. The molecule has 3 N–H and O–H groups in total. The van der Waals surface area contributed by atoms with Crippen molar-refractivity contribution in [1.29, 1.82) is 5.26 Å². The van der Waals surface area contributed by atoms with Crippen LogP contribution in [0.25, 0.3) is 0 Å². The quantitative estimate of drug-likeness (QED) is 0.826. The van der Waals surface area contributed by atoms with E-state index in [1.165, 1.54) is 6.07 Å². The molecule has 0 radical (unpaired) electrons. The summed E-state index contributed by atoms with van der Waals surface area (Å²) in [5.41, 5.74) is 8.29. The zero-order valence-corrected chi connectivity index (χ0v) is 10.4. The van der Waals surface area contributed by atoms with E-state index in [2.05, 4.69) is 11.4 Å². The van der Waals surface area contributed by atoms with Crippen molar-refractivity contribution < 1.29 is 4.39 Å². The van der Waals surface area contributed by atoms with Crippen molar-refractivity contribution >= 4 is 11.4 Å². The third-order valence-electron chi connectivity index (χ3n) is 2.85. The molecule has 0 atom stereocenters. The molecule has 0 aliphatic rings. The van der Waals surface area contributed by atoms with Gasteiger partial charge in [0.15, 0.2) is 0 Å². The zero-order valence-electron chi connectivity index (χ0n) is 10.4. The van der Waals surface area contributed by atoms with Crippen LogP contribution >= 0.6 is 0 Å². The number of hydrogen-bond donors (Lipinski definition) is 2. The summed E-state index contributed by atoms with van der Waals surface area (Å²) >= 11 is 0. The van der Waals surface area contributed by atoms with Crippen LogP contribution in [0.1, 0.15) is 11.1 Å². The van der Waals surface area contributed by atoms with Gasteiger partial charge in [-0.05, 0) is 36.2 Å². The molecule has 0 saturated carbocycles. The van der Waals surface area contributed by atoms with Crippen molar-refractivity contribution in [3.8, 4) is 6.07 Å². The Balaban J connectivity index is 2.00. The average Bonchev–Trinajstić information content (AvgIpc) is 2.43. The largest absolute Gasteiger partial charge is 0.397 e. The Bertz CT molecular complexity index is 617. The first kappa shape index (κ1) is 12.9. The standard InChI is InChI=1S/C15H14FN3/c16-13-4-2-1-3-12(13)7-8-19-15-9-11(10-17)5-6-14(15)18/h1-6,9,19H,7-8,18H2. The molecule has 0 aliphatic heterocycles. The molecule has 0 aliphatic carbocycles. The summed E-state index contributed by atoms with van der Waals surface area (Å²) in [6, 6.07) is 13.8. The van der Waals surface area contributed by atoms with Gasteiger partial charge < -0.3 is 11.1 Å². The van der Waals surface area contributed by atoms with Crippen molar-refractivity contribution in [3.05, 3.63) is 59.4 Å². The first-order valence-corrected chi connectivity index (χ1v) is 5.97. The van der Waals surface area contributed by atoms with Crippen LogP contribution in [-0.2, 0) is 6.42 Å². The first-order chi connectivity index (χ1) is 9.20. The maximum Gasteiger partial charge on any atom is 0.126 e. The molecule has 96 valence electrons. The van der Waals surface area contributed by atoms with Gasteiger partial charge in [0.1, 0.15) is 5.82 Å². The highest BCUT2D eigenvalue weighted by Gasteiger charge is 2.03. The molecule has 2 aromatic carbocycles. The fourth-order valence-corrected chi connectivity index (χ4v) is 1.81. The molecular weight excluding hydrogens is 241 g/mol. The van der Waals surface area contributed by atoms with Crippen LogP contribution < -0.4 is 11.1 Å². The van der Waals surface area contributed by atoms with Crippen molar-refractivity contribution in [1.82, 2.24) is 0 Å². The van der Waals surface area contributed by atoms with Crippen LogP contribution in [0.15, 0.2) is 42.5 Å². The highest BCUT2D eigenvalue weighted by atomic mass is 19.1. The van der Waals surface area contributed by atoms with Gasteiger partial charge in [-0.3, -0.25) is 0 Å². The highest BCUT2D eigenvalue weighted by molar-refractivity contribution is 5.68. The lowest BCUT2D eigenvalue weighted by atomic mass is 10.1. The van der Waals surface area contributed by atoms with E-state index in [-0.39, 0.29) is 5.82 Å². The van der Waals surface area contributed by atoms with Gasteiger partial charge in [-0.25, -0.2) is 4.39 Å². The Labute approximate surface area is 111 Å². The van der Waals surface area contributed by atoms with Crippen molar-refractivity contribution in [2.45, 2.75) is 6.42 Å². The van der Waals surface area contributed by atoms with E-state index in [0.29, 0.717) is 35.5 Å². The van der Waals surface area contributed by atoms with E-state index in [9.17, 15) is 4.39 Å². The molecule has 0 amide bonds. The topological polar surface area (TPSA) is 61.8 Å². The third kappa shape index (κ3) is 3.23. The maximum atomic E-state index is 13.4. The number of nitrogens with zero attached hydrogens (tertiary/aromatic N) is 1. The number of benzene rings is 2. The molecule has 4 heteroatoms. The van der Waals surface area contributed by atoms with Gasteiger partial charge in [-0.15, -0.1) is 0 Å². The number of hydrogen-bond acceptors (Lipinski definition) is 3. The number of nitrogen functional groups attached to an aromatic ring is 1. The van der Waals surface area contributed by atoms with E-state index < -0.39 is 0 Å². The van der Waals surface area contributed by atoms with Crippen LogP contribution in [0.4, 0.5) is 15.8 Å². The number of nitriles is 1. The predicted octanol–water partition coefficient (Wildman–Crippen LogP) is 2.93. The second kappa shape index (κ2) is 5.87. The molecule has 3 nitrogen and oxygen atoms in total. The Morgan fingerprint density at radius 2 is 2.00 bits per heavy atom. The van der Waals surface area contributed by atoms with Crippen molar-refractivity contribution in [2.75, 3.05) is 17.6 Å². The minimum atomic E-state index is -0.206. The Morgan fingerprint density at radius 3 is 2.74 bits per heavy atom. The summed E-state index contributed by atoms with van der Waals surface area (Å²) < 4.78 is 13.4. The van der Waals surface area contributed by atoms with Crippen LogP contribution in [-0.4, -0.2) is 6.54 Å². The minimum absolute atomic E-state index is 0.206. The van der Waals surface area contributed by atoms with Gasteiger partial charge >= 0.3 is 0 Å².